The van der Waals surface area contributed by atoms with E-state index in [4.69, 9.17) is 5.73 Å². The summed E-state index contributed by atoms with van der Waals surface area (Å²) < 4.78 is 2.33. The first-order valence-electron chi connectivity index (χ1n) is 9.97. The van der Waals surface area contributed by atoms with Gasteiger partial charge in [-0.1, -0.05) is 18.7 Å². The minimum atomic E-state index is -0.0000666. The zero-order chi connectivity index (χ0) is 19.8. The van der Waals surface area contributed by atoms with Crippen LogP contribution in [0.5, 0.6) is 0 Å². The molecule has 2 aromatic heterocycles. The molecule has 2 fully saturated rings. The van der Waals surface area contributed by atoms with Crippen LogP contribution in [0, 0.1) is 5.92 Å². The molecule has 0 amide bonds. The molecule has 1 saturated heterocycles. The molecule has 1 unspecified atom stereocenters. The van der Waals surface area contributed by atoms with Gasteiger partial charge in [-0.2, -0.15) is 15.0 Å². The predicted molar refractivity (Wildman–Crippen MR) is 112 cm³/mol. The lowest BCUT2D eigenvalue weighted by molar-refractivity contribution is 0.429. The van der Waals surface area contributed by atoms with Crippen molar-refractivity contribution in [1.82, 2.24) is 29.7 Å². The summed E-state index contributed by atoms with van der Waals surface area (Å²) in [7, 11) is 3.79. The molecular weight excluding hydrogens is 374 g/mol. The molecular formula is C18H29N9S. The van der Waals surface area contributed by atoms with Crippen LogP contribution >= 0.6 is 11.8 Å². The third-order valence-corrected chi connectivity index (χ3v) is 6.38. The molecule has 1 saturated carbocycles. The van der Waals surface area contributed by atoms with Crippen LogP contribution in [0.4, 0.5) is 17.8 Å². The van der Waals surface area contributed by atoms with Crippen molar-refractivity contribution in [2.75, 3.05) is 42.7 Å². The van der Waals surface area contributed by atoms with Crippen LogP contribution in [0.2, 0.25) is 0 Å². The van der Waals surface area contributed by atoms with Crippen LogP contribution in [0.1, 0.15) is 56.6 Å². The largest absolute Gasteiger partial charge is 0.368 e. The molecule has 0 aromatic carbocycles. The van der Waals surface area contributed by atoms with Gasteiger partial charge in [0.2, 0.25) is 17.8 Å². The van der Waals surface area contributed by atoms with E-state index in [-0.39, 0.29) is 11.2 Å². The van der Waals surface area contributed by atoms with E-state index in [1.807, 2.05) is 19.0 Å². The number of anilines is 3. The zero-order valence-corrected chi connectivity index (χ0v) is 17.9. The first-order valence-corrected chi connectivity index (χ1v) is 10.9. The minimum Gasteiger partial charge on any atom is -0.368 e. The van der Waals surface area contributed by atoms with Crippen molar-refractivity contribution in [3.63, 3.8) is 0 Å². The summed E-state index contributed by atoms with van der Waals surface area (Å²) in [5.74, 6) is 3.30. The highest BCUT2D eigenvalue weighted by atomic mass is 32.2. The Morgan fingerprint density at radius 1 is 1.07 bits per heavy atom. The van der Waals surface area contributed by atoms with Gasteiger partial charge in [0.05, 0.1) is 5.25 Å². The van der Waals surface area contributed by atoms with Crippen LogP contribution in [0.15, 0.2) is 5.16 Å². The molecule has 3 heterocycles. The smallest absolute Gasteiger partial charge is 0.229 e. The van der Waals surface area contributed by atoms with Gasteiger partial charge in [0.1, 0.15) is 5.82 Å². The maximum Gasteiger partial charge on any atom is 0.229 e. The SMILES string of the molecule is CC1CCN(c2nnc(SC(C)c3nc(N)nc(N(C)C)n3)n2C2CC2)CC1. The maximum atomic E-state index is 5.89. The second kappa shape index (κ2) is 7.73. The molecule has 2 aliphatic rings. The lowest BCUT2D eigenvalue weighted by Gasteiger charge is -2.31. The Bertz CT molecular complexity index is 824. The van der Waals surface area contributed by atoms with E-state index in [0.717, 1.165) is 30.1 Å². The Balaban J connectivity index is 1.57. The highest BCUT2D eigenvalue weighted by molar-refractivity contribution is 7.99. The van der Waals surface area contributed by atoms with Crippen molar-refractivity contribution in [2.45, 2.75) is 56.0 Å². The van der Waals surface area contributed by atoms with Gasteiger partial charge in [-0.15, -0.1) is 10.2 Å². The summed E-state index contributed by atoms with van der Waals surface area (Å²) in [5.41, 5.74) is 5.89. The van der Waals surface area contributed by atoms with Gasteiger partial charge in [0.25, 0.3) is 0 Å². The van der Waals surface area contributed by atoms with Gasteiger partial charge < -0.3 is 15.5 Å². The van der Waals surface area contributed by atoms with E-state index in [0.29, 0.717) is 17.8 Å². The minimum absolute atomic E-state index is 0.0000666. The van der Waals surface area contributed by atoms with E-state index in [9.17, 15) is 0 Å². The number of nitrogen functional groups attached to an aromatic ring is 1. The highest BCUT2D eigenvalue weighted by Gasteiger charge is 2.33. The maximum absolute atomic E-state index is 5.89. The number of nitrogens with zero attached hydrogens (tertiary/aromatic N) is 8. The fourth-order valence-corrected chi connectivity index (χ4v) is 4.38. The summed E-state index contributed by atoms with van der Waals surface area (Å²) in [5, 5.41) is 10.0. The van der Waals surface area contributed by atoms with Gasteiger partial charge in [0.15, 0.2) is 5.16 Å². The van der Waals surface area contributed by atoms with Crippen molar-refractivity contribution in [1.29, 1.82) is 0 Å². The number of hydrogen-bond acceptors (Lipinski definition) is 9. The molecule has 152 valence electrons. The third kappa shape index (κ3) is 4.01. The van der Waals surface area contributed by atoms with Gasteiger partial charge in [-0.25, -0.2) is 0 Å². The molecule has 1 aliphatic carbocycles. The molecule has 1 aliphatic heterocycles. The lowest BCUT2D eigenvalue weighted by atomic mass is 10.00. The summed E-state index contributed by atoms with van der Waals surface area (Å²) in [6.45, 7) is 6.52. The van der Waals surface area contributed by atoms with Crippen molar-refractivity contribution < 1.29 is 0 Å². The monoisotopic (exact) mass is 403 g/mol. The first-order chi connectivity index (χ1) is 13.4. The Morgan fingerprint density at radius 3 is 2.43 bits per heavy atom. The van der Waals surface area contributed by atoms with Crippen molar-refractivity contribution in [3.05, 3.63) is 5.82 Å². The molecule has 2 aromatic rings. The second-order valence-corrected chi connectivity index (χ2v) is 9.37. The summed E-state index contributed by atoms with van der Waals surface area (Å²) in [6, 6.07) is 0.514. The lowest BCUT2D eigenvalue weighted by Crippen LogP contribution is -2.34. The van der Waals surface area contributed by atoms with E-state index < -0.39 is 0 Å². The molecule has 2 N–H and O–H groups in total. The molecule has 0 bridgehead atoms. The topological polar surface area (TPSA) is 102 Å². The average Bonchev–Trinajstić information content (AvgIpc) is 3.42. The fourth-order valence-electron chi connectivity index (χ4n) is 3.42. The molecule has 0 radical (unpaired) electrons. The molecule has 10 heteroatoms. The van der Waals surface area contributed by atoms with Gasteiger partial charge in [-0.3, -0.25) is 4.57 Å². The average molecular weight is 404 g/mol. The predicted octanol–water partition coefficient (Wildman–Crippen LogP) is 2.54. The van der Waals surface area contributed by atoms with Crippen molar-refractivity contribution >= 4 is 29.6 Å². The molecule has 28 heavy (non-hydrogen) atoms. The van der Waals surface area contributed by atoms with Crippen LogP contribution in [-0.4, -0.2) is 56.9 Å². The fraction of sp³-hybridized carbons (Fsp3) is 0.722. The molecule has 4 rings (SSSR count). The number of thioether (sulfide) groups is 1. The molecule has 1 atom stereocenters. The van der Waals surface area contributed by atoms with Crippen LogP contribution in [0.25, 0.3) is 0 Å². The molecule has 0 spiro atoms. The summed E-state index contributed by atoms with van der Waals surface area (Å²) in [6.07, 6.45) is 4.82. The van der Waals surface area contributed by atoms with E-state index in [1.54, 1.807) is 11.8 Å². The second-order valence-electron chi connectivity index (χ2n) is 8.06. The van der Waals surface area contributed by atoms with E-state index >= 15 is 0 Å². The van der Waals surface area contributed by atoms with Crippen LogP contribution in [0.3, 0.4) is 0 Å². The number of aromatic nitrogens is 6. The summed E-state index contributed by atoms with van der Waals surface area (Å²) >= 11 is 1.64. The Labute approximate surface area is 170 Å². The Hall–Kier alpha value is -2.10. The van der Waals surface area contributed by atoms with Gasteiger partial charge in [0, 0.05) is 33.2 Å². The van der Waals surface area contributed by atoms with Gasteiger partial charge >= 0.3 is 0 Å². The third-order valence-electron chi connectivity index (χ3n) is 5.33. The van der Waals surface area contributed by atoms with Gasteiger partial charge in [-0.05, 0) is 38.5 Å². The van der Waals surface area contributed by atoms with Crippen molar-refractivity contribution in [2.24, 2.45) is 5.92 Å². The number of rotatable bonds is 6. The number of piperidine rings is 1. The highest BCUT2D eigenvalue weighted by Crippen LogP contribution is 2.44. The first kappa shape index (κ1) is 19.2. The Morgan fingerprint density at radius 2 is 1.79 bits per heavy atom. The standard InChI is InChI=1S/C18H29N9S/c1-11-7-9-26(10-8-11)17-23-24-18(27(17)13-5-6-13)28-12(2)14-20-15(19)22-16(21-14)25(3)4/h11-13H,5-10H2,1-4H3,(H2,19,20,21,22). The van der Waals surface area contributed by atoms with Crippen LogP contribution < -0.4 is 15.5 Å². The van der Waals surface area contributed by atoms with Crippen LogP contribution in [-0.2, 0) is 0 Å². The zero-order valence-electron chi connectivity index (χ0n) is 17.0. The van der Waals surface area contributed by atoms with E-state index in [1.165, 1.54) is 25.7 Å². The number of hydrogen-bond donors (Lipinski definition) is 1. The quantitative estimate of drug-likeness (QED) is 0.729. The molecule has 9 nitrogen and oxygen atoms in total. The van der Waals surface area contributed by atoms with Crippen molar-refractivity contribution in [3.8, 4) is 0 Å². The van der Waals surface area contributed by atoms with E-state index in [2.05, 4.69) is 48.5 Å². The number of nitrogens with two attached hydrogens (primary N) is 1. The normalized spacial score (nSPS) is 19.1. The summed E-state index contributed by atoms with van der Waals surface area (Å²) in [4.78, 5) is 17.3. The Kier molecular flexibility index (Phi) is 5.31.